The van der Waals surface area contributed by atoms with Gasteiger partial charge in [0.25, 0.3) is 5.69 Å². The Morgan fingerprint density at radius 3 is 2.38 bits per heavy atom. The SMILES string of the molecule is Cc1cc([N+](=O)[O-])ccc1N=C(CCC(=O)OCCCN)OCCCN. The molecule has 0 amide bonds. The van der Waals surface area contributed by atoms with Gasteiger partial charge in [0, 0.05) is 18.6 Å². The topological polar surface area (TPSA) is 143 Å². The van der Waals surface area contributed by atoms with Gasteiger partial charge in [-0.2, -0.15) is 0 Å². The van der Waals surface area contributed by atoms with Crippen LogP contribution in [0.5, 0.6) is 0 Å². The minimum absolute atomic E-state index is 0.00414. The summed E-state index contributed by atoms with van der Waals surface area (Å²) in [6.07, 6.45) is 1.65. The van der Waals surface area contributed by atoms with Crippen LogP contribution in [-0.4, -0.2) is 43.1 Å². The smallest absolute Gasteiger partial charge is 0.306 e. The summed E-state index contributed by atoms with van der Waals surface area (Å²) in [7, 11) is 0. The molecule has 0 aromatic heterocycles. The number of aliphatic imine (C=N–C) groups is 1. The van der Waals surface area contributed by atoms with E-state index in [9.17, 15) is 14.9 Å². The van der Waals surface area contributed by atoms with Crippen molar-refractivity contribution in [1.29, 1.82) is 0 Å². The van der Waals surface area contributed by atoms with Gasteiger partial charge in [-0.1, -0.05) is 0 Å². The second kappa shape index (κ2) is 11.9. The number of esters is 1. The van der Waals surface area contributed by atoms with E-state index in [1.807, 2.05) is 0 Å². The van der Waals surface area contributed by atoms with E-state index in [4.69, 9.17) is 20.9 Å². The predicted molar refractivity (Wildman–Crippen MR) is 98.4 cm³/mol. The van der Waals surface area contributed by atoms with Gasteiger partial charge in [0.15, 0.2) is 5.90 Å². The van der Waals surface area contributed by atoms with Crippen LogP contribution < -0.4 is 11.5 Å². The first-order chi connectivity index (χ1) is 12.5. The van der Waals surface area contributed by atoms with Crippen molar-refractivity contribution in [2.45, 2.75) is 32.6 Å². The van der Waals surface area contributed by atoms with Crippen molar-refractivity contribution in [3.05, 3.63) is 33.9 Å². The fourth-order valence-electron chi connectivity index (χ4n) is 2.00. The van der Waals surface area contributed by atoms with E-state index in [0.29, 0.717) is 49.7 Å². The molecule has 0 aliphatic rings. The van der Waals surface area contributed by atoms with Crippen molar-refractivity contribution >= 4 is 23.2 Å². The molecular weight excluding hydrogens is 340 g/mol. The zero-order valence-corrected chi connectivity index (χ0v) is 15.0. The molecule has 26 heavy (non-hydrogen) atoms. The molecule has 144 valence electrons. The first kappa shape index (κ1) is 21.5. The van der Waals surface area contributed by atoms with E-state index < -0.39 is 4.92 Å². The normalized spacial score (nSPS) is 11.3. The summed E-state index contributed by atoms with van der Waals surface area (Å²) in [5, 5.41) is 10.8. The Balaban J connectivity index is 2.79. The van der Waals surface area contributed by atoms with Crippen LogP contribution in [0.3, 0.4) is 0 Å². The zero-order chi connectivity index (χ0) is 19.4. The van der Waals surface area contributed by atoms with Crippen molar-refractivity contribution in [2.75, 3.05) is 26.3 Å². The van der Waals surface area contributed by atoms with Crippen LogP contribution in [0.2, 0.25) is 0 Å². The zero-order valence-electron chi connectivity index (χ0n) is 15.0. The molecule has 0 saturated carbocycles. The highest BCUT2D eigenvalue weighted by molar-refractivity contribution is 5.83. The van der Waals surface area contributed by atoms with E-state index in [-0.39, 0.29) is 31.1 Å². The van der Waals surface area contributed by atoms with Gasteiger partial charge in [-0.3, -0.25) is 14.9 Å². The maximum Gasteiger partial charge on any atom is 0.306 e. The van der Waals surface area contributed by atoms with Crippen LogP contribution >= 0.6 is 0 Å². The molecule has 1 aromatic rings. The van der Waals surface area contributed by atoms with Crippen LogP contribution in [0, 0.1) is 17.0 Å². The Morgan fingerprint density at radius 1 is 1.15 bits per heavy atom. The Kier molecular flexibility index (Phi) is 9.88. The number of rotatable bonds is 11. The Labute approximate surface area is 152 Å². The first-order valence-electron chi connectivity index (χ1n) is 8.49. The number of nitro groups is 1. The number of nitro benzene ring substituents is 1. The number of nitrogens with zero attached hydrogens (tertiary/aromatic N) is 2. The maximum atomic E-state index is 11.7. The summed E-state index contributed by atoms with van der Waals surface area (Å²) >= 11 is 0. The fourth-order valence-corrected chi connectivity index (χ4v) is 2.00. The highest BCUT2D eigenvalue weighted by atomic mass is 16.6. The predicted octanol–water partition coefficient (Wildman–Crippen LogP) is 1.97. The number of hydrogen-bond acceptors (Lipinski definition) is 8. The molecule has 0 radical (unpaired) electrons. The lowest BCUT2D eigenvalue weighted by Gasteiger charge is -2.10. The average Bonchev–Trinajstić information content (AvgIpc) is 2.61. The van der Waals surface area contributed by atoms with Crippen LogP contribution in [0.4, 0.5) is 11.4 Å². The van der Waals surface area contributed by atoms with Crippen molar-refractivity contribution in [2.24, 2.45) is 16.5 Å². The molecule has 0 atom stereocenters. The third-order valence-corrected chi connectivity index (χ3v) is 3.41. The number of nitrogens with two attached hydrogens (primary N) is 2. The number of hydrogen-bond donors (Lipinski definition) is 2. The lowest BCUT2D eigenvalue weighted by atomic mass is 10.2. The number of non-ortho nitro benzene ring substituents is 1. The van der Waals surface area contributed by atoms with E-state index in [2.05, 4.69) is 4.99 Å². The summed E-state index contributed by atoms with van der Waals surface area (Å²) in [6, 6.07) is 4.38. The summed E-state index contributed by atoms with van der Waals surface area (Å²) in [5.74, 6) is 0.0141. The van der Waals surface area contributed by atoms with Crippen molar-refractivity contribution in [3.63, 3.8) is 0 Å². The summed E-state index contributed by atoms with van der Waals surface area (Å²) < 4.78 is 10.7. The largest absolute Gasteiger partial charge is 0.481 e. The van der Waals surface area contributed by atoms with Crippen LogP contribution in [-0.2, 0) is 14.3 Å². The Morgan fingerprint density at radius 2 is 1.81 bits per heavy atom. The third-order valence-electron chi connectivity index (χ3n) is 3.41. The van der Waals surface area contributed by atoms with Gasteiger partial charge in [0.05, 0.1) is 30.2 Å². The monoisotopic (exact) mass is 366 g/mol. The molecule has 0 aliphatic heterocycles. The van der Waals surface area contributed by atoms with Gasteiger partial charge in [-0.05, 0) is 44.5 Å². The molecule has 9 heteroatoms. The van der Waals surface area contributed by atoms with Gasteiger partial charge in [-0.15, -0.1) is 0 Å². The fraction of sp³-hybridized carbons (Fsp3) is 0.529. The second-order valence-corrected chi connectivity index (χ2v) is 5.59. The number of ether oxygens (including phenoxy) is 2. The molecule has 0 fully saturated rings. The number of carbonyl (C=O) groups excluding carboxylic acids is 1. The van der Waals surface area contributed by atoms with E-state index in [1.165, 1.54) is 12.1 Å². The standard InChI is InChI=1S/C17H26N4O5/c1-13-12-14(21(23)24)4-5-15(13)20-16(25-10-2-8-18)6-7-17(22)26-11-3-9-19/h4-5,12H,2-3,6-11,18-19H2,1H3. The van der Waals surface area contributed by atoms with Gasteiger partial charge in [0.2, 0.25) is 0 Å². The van der Waals surface area contributed by atoms with Crippen LogP contribution in [0.1, 0.15) is 31.2 Å². The lowest BCUT2D eigenvalue weighted by molar-refractivity contribution is -0.384. The molecular formula is C17H26N4O5. The lowest BCUT2D eigenvalue weighted by Crippen LogP contribution is -2.14. The second-order valence-electron chi connectivity index (χ2n) is 5.59. The molecule has 9 nitrogen and oxygen atoms in total. The van der Waals surface area contributed by atoms with Crippen molar-refractivity contribution in [3.8, 4) is 0 Å². The average molecular weight is 366 g/mol. The number of carbonyl (C=O) groups is 1. The summed E-state index contributed by atoms with van der Waals surface area (Å²) in [5.41, 5.74) is 12.0. The molecule has 0 heterocycles. The summed E-state index contributed by atoms with van der Waals surface area (Å²) in [4.78, 5) is 26.5. The molecule has 1 aromatic carbocycles. The van der Waals surface area contributed by atoms with E-state index in [1.54, 1.807) is 13.0 Å². The van der Waals surface area contributed by atoms with E-state index in [0.717, 1.165) is 0 Å². The van der Waals surface area contributed by atoms with Crippen molar-refractivity contribution < 1.29 is 19.2 Å². The van der Waals surface area contributed by atoms with Gasteiger partial charge < -0.3 is 20.9 Å². The van der Waals surface area contributed by atoms with Gasteiger partial charge in [0.1, 0.15) is 0 Å². The molecule has 0 unspecified atom stereocenters. The van der Waals surface area contributed by atoms with Crippen LogP contribution in [0.25, 0.3) is 0 Å². The Hall–Kier alpha value is -2.52. The molecule has 1 rings (SSSR count). The Bertz CT molecular complexity index is 634. The highest BCUT2D eigenvalue weighted by Gasteiger charge is 2.11. The third kappa shape index (κ3) is 8.04. The molecule has 0 aliphatic carbocycles. The molecule has 4 N–H and O–H groups in total. The van der Waals surface area contributed by atoms with Crippen molar-refractivity contribution in [1.82, 2.24) is 0 Å². The van der Waals surface area contributed by atoms with Gasteiger partial charge in [-0.25, -0.2) is 4.99 Å². The molecule has 0 saturated heterocycles. The van der Waals surface area contributed by atoms with Gasteiger partial charge >= 0.3 is 5.97 Å². The molecule has 0 bridgehead atoms. The van der Waals surface area contributed by atoms with Crippen LogP contribution in [0.15, 0.2) is 23.2 Å². The minimum Gasteiger partial charge on any atom is -0.481 e. The summed E-state index contributed by atoms with van der Waals surface area (Å²) in [6.45, 7) is 3.33. The first-order valence-corrected chi connectivity index (χ1v) is 8.49. The van der Waals surface area contributed by atoms with E-state index >= 15 is 0 Å². The quantitative estimate of drug-likeness (QED) is 0.152. The highest BCUT2D eigenvalue weighted by Crippen LogP contribution is 2.24. The number of benzene rings is 1. The molecule has 0 spiro atoms. The number of aryl methyl sites for hydroxylation is 1. The maximum absolute atomic E-state index is 11.7. The minimum atomic E-state index is -0.462.